The Kier molecular flexibility index (Phi) is 4.19. The number of aryl methyl sites for hydroxylation is 1. The first-order valence-electron chi connectivity index (χ1n) is 5.83. The number of carbonyl (C=O) groups is 1. The van der Waals surface area contributed by atoms with E-state index >= 15 is 0 Å². The van der Waals surface area contributed by atoms with Crippen molar-refractivity contribution in [2.24, 2.45) is 0 Å². The van der Waals surface area contributed by atoms with Gasteiger partial charge in [0.05, 0.1) is 10.6 Å². The largest absolute Gasteiger partial charge is 0.294 e. The maximum absolute atomic E-state index is 11.4. The molecule has 0 aliphatic carbocycles. The van der Waals surface area contributed by atoms with Crippen LogP contribution in [0.1, 0.15) is 29.2 Å². The van der Waals surface area contributed by atoms with Gasteiger partial charge in [-0.15, -0.1) is 23.1 Å². The van der Waals surface area contributed by atoms with Gasteiger partial charge in [0.15, 0.2) is 5.78 Å². The van der Waals surface area contributed by atoms with Crippen molar-refractivity contribution in [3.63, 3.8) is 0 Å². The van der Waals surface area contributed by atoms with Crippen molar-refractivity contribution in [1.29, 1.82) is 0 Å². The minimum absolute atomic E-state index is 0.0920. The lowest BCUT2D eigenvalue weighted by atomic mass is 10.2. The highest BCUT2D eigenvalue weighted by atomic mass is 32.2. The van der Waals surface area contributed by atoms with E-state index in [1.54, 1.807) is 6.92 Å². The minimum atomic E-state index is 0.0920. The van der Waals surface area contributed by atoms with Crippen molar-refractivity contribution in [3.8, 4) is 10.6 Å². The van der Waals surface area contributed by atoms with Gasteiger partial charge in [0.1, 0.15) is 5.01 Å². The second-order valence-corrected chi connectivity index (χ2v) is 6.28. The van der Waals surface area contributed by atoms with Gasteiger partial charge in [0, 0.05) is 17.4 Å². The number of thiazole rings is 1. The molecule has 1 heterocycles. The Bertz CT molecular complexity index is 558. The zero-order valence-corrected chi connectivity index (χ0v) is 12.3. The van der Waals surface area contributed by atoms with Crippen LogP contribution in [0.4, 0.5) is 0 Å². The van der Waals surface area contributed by atoms with Crippen molar-refractivity contribution in [3.05, 3.63) is 34.8 Å². The molecular weight excluding hydrogens is 262 g/mol. The predicted octanol–water partition coefficient (Wildman–Crippen LogP) is 4.43. The first kappa shape index (κ1) is 13.3. The highest BCUT2D eigenvalue weighted by Gasteiger charge is 2.12. The molecule has 0 fully saturated rings. The van der Waals surface area contributed by atoms with Crippen LogP contribution in [0.2, 0.25) is 0 Å². The second-order valence-electron chi connectivity index (χ2n) is 3.95. The lowest BCUT2D eigenvalue weighted by molar-refractivity contribution is 0.102. The maximum atomic E-state index is 11.4. The molecular formula is C14H15NOS2. The molecule has 0 aliphatic heterocycles. The molecule has 0 bridgehead atoms. The van der Waals surface area contributed by atoms with Gasteiger partial charge in [0.2, 0.25) is 0 Å². The van der Waals surface area contributed by atoms with Crippen LogP contribution in [0, 0.1) is 6.92 Å². The number of hydrogen-bond donors (Lipinski definition) is 0. The lowest BCUT2D eigenvalue weighted by Crippen LogP contribution is -1.89. The number of carbonyl (C=O) groups excluding carboxylic acids is 1. The average molecular weight is 277 g/mol. The Morgan fingerprint density at radius 1 is 1.33 bits per heavy atom. The van der Waals surface area contributed by atoms with Crippen molar-refractivity contribution in [2.45, 2.75) is 25.7 Å². The predicted molar refractivity (Wildman–Crippen MR) is 78.7 cm³/mol. The third-order valence-corrected chi connectivity index (χ3v) is 4.73. The molecule has 2 rings (SSSR count). The van der Waals surface area contributed by atoms with Crippen LogP contribution in [0.15, 0.2) is 29.2 Å². The summed E-state index contributed by atoms with van der Waals surface area (Å²) in [5, 5.41) is 0.922. The van der Waals surface area contributed by atoms with E-state index in [-0.39, 0.29) is 5.78 Å². The standard InChI is InChI=1S/C14H15NOS2/c1-4-17-12-7-5-11(6-8-12)14-15-9(2)13(18-14)10(3)16/h5-8H,4H2,1-3H3. The molecule has 2 aromatic rings. The van der Waals surface area contributed by atoms with Crippen LogP contribution in [-0.2, 0) is 0 Å². The van der Waals surface area contributed by atoms with E-state index in [1.165, 1.54) is 16.2 Å². The van der Waals surface area contributed by atoms with Crippen molar-refractivity contribution >= 4 is 28.9 Å². The Labute approximate surface area is 115 Å². The fourth-order valence-corrected chi connectivity index (χ4v) is 3.34. The van der Waals surface area contributed by atoms with Gasteiger partial charge in [-0.25, -0.2) is 4.98 Å². The number of rotatable bonds is 4. The lowest BCUT2D eigenvalue weighted by Gasteiger charge is -1.99. The van der Waals surface area contributed by atoms with Crippen molar-refractivity contribution in [1.82, 2.24) is 4.98 Å². The fourth-order valence-electron chi connectivity index (χ4n) is 1.71. The topological polar surface area (TPSA) is 30.0 Å². The Balaban J connectivity index is 2.31. The summed E-state index contributed by atoms with van der Waals surface area (Å²) in [6, 6.07) is 8.35. The monoisotopic (exact) mass is 277 g/mol. The van der Waals surface area contributed by atoms with Crippen molar-refractivity contribution in [2.75, 3.05) is 5.75 Å². The van der Waals surface area contributed by atoms with E-state index in [2.05, 4.69) is 36.2 Å². The normalized spacial score (nSPS) is 10.6. The SMILES string of the molecule is CCSc1ccc(-c2nc(C)c(C(C)=O)s2)cc1. The molecule has 4 heteroatoms. The highest BCUT2D eigenvalue weighted by molar-refractivity contribution is 7.99. The van der Waals surface area contributed by atoms with E-state index in [0.717, 1.165) is 26.9 Å². The molecule has 0 saturated carbocycles. The Morgan fingerprint density at radius 2 is 2.00 bits per heavy atom. The summed E-state index contributed by atoms with van der Waals surface area (Å²) in [6.45, 7) is 5.62. The van der Waals surface area contributed by atoms with E-state index < -0.39 is 0 Å². The molecule has 94 valence electrons. The summed E-state index contributed by atoms with van der Waals surface area (Å²) in [5.74, 6) is 1.17. The van der Waals surface area contributed by atoms with E-state index in [9.17, 15) is 4.79 Å². The summed E-state index contributed by atoms with van der Waals surface area (Å²) < 4.78 is 0. The second kappa shape index (κ2) is 5.67. The fraction of sp³-hybridized carbons (Fsp3) is 0.286. The smallest absolute Gasteiger partial charge is 0.171 e. The maximum Gasteiger partial charge on any atom is 0.171 e. The third-order valence-electron chi connectivity index (χ3n) is 2.53. The van der Waals surface area contributed by atoms with Gasteiger partial charge in [0.25, 0.3) is 0 Å². The first-order valence-corrected chi connectivity index (χ1v) is 7.63. The van der Waals surface area contributed by atoms with Gasteiger partial charge in [-0.05, 0) is 24.8 Å². The molecule has 1 aromatic heterocycles. The molecule has 0 aliphatic rings. The zero-order valence-electron chi connectivity index (χ0n) is 10.7. The number of hydrogen-bond acceptors (Lipinski definition) is 4. The summed E-state index contributed by atoms with van der Waals surface area (Å²) in [4.78, 5) is 17.9. The molecule has 0 spiro atoms. The average Bonchev–Trinajstić information content (AvgIpc) is 2.73. The molecule has 18 heavy (non-hydrogen) atoms. The summed E-state index contributed by atoms with van der Waals surface area (Å²) in [6.07, 6.45) is 0. The number of aromatic nitrogens is 1. The van der Waals surface area contributed by atoms with Crippen LogP contribution < -0.4 is 0 Å². The van der Waals surface area contributed by atoms with Gasteiger partial charge >= 0.3 is 0 Å². The van der Waals surface area contributed by atoms with Gasteiger partial charge in [-0.1, -0.05) is 19.1 Å². The molecule has 0 saturated heterocycles. The third kappa shape index (κ3) is 2.82. The molecule has 1 aromatic carbocycles. The number of benzene rings is 1. The summed E-state index contributed by atoms with van der Waals surface area (Å²) in [7, 11) is 0. The van der Waals surface area contributed by atoms with Crippen LogP contribution in [0.25, 0.3) is 10.6 Å². The first-order chi connectivity index (χ1) is 8.61. The highest BCUT2D eigenvalue weighted by Crippen LogP contribution is 2.29. The minimum Gasteiger partial charge on any atom is -0.294 e. The van der Waals surface area contributed by atoms with Crippen LogP contribution in [0.3, 0.4) is 0 Å². The van der Waals surface area contributed by atoms with E-state index in [1.807, 2.05) is 18.7 Å². The zero-order chi connectivity index (χ0) is 13.1. The quantitative estimate of drug-likeness (QED) is 0.611. The molecule has 0 N–H and O–H groups in total. The van der Waals surface area contributed by atoms with Gasteiger partial charge in [-0.3, -0.25) is 4.79 Å². The Hall–Kier alpha value is -1.13. The summed E-state index contributed by atoms with van der Waals surface area (Å²) in [5.41, 5.74) is 1.91. The van der Waals surface area contributed by atoms with Crippen LogP contribution in [0.5, 0.6) is 0 Å². The van der Waals surface area contributed by atoms with E-state index in [4.69, 9.17) is 0 Å². The van der Waals surface area contributed by atoms with Gasteiger partial charge in [-0.2, -0.15) is 0 Å². The van der Waals surface area contributed by atoms with E-state index in [0.29, 0.717) is 0 Å². The number of Topliss-reactive ketones (excluding diaryl/α,β-unsaturated/α-hetero) is 1. The van der Waals surface area contributed by atoms with Crippen LogP contribution >= 0.6 is 23.1 Å². The Morgan fingerprint density at radius 3 is 2.50 bits per heavy atom. The van der Waals surface area contributed by atoms with Gasteiger partial charge < -0.3 is 0 Å². The summed E-state index contributed by atoms with van der Waals surface area (Å²) >= 11 is 3.29. The van der Waals surface area contributed by atoms with Crippen LogP contribution in [-0.4, -0.2) is 16.5 Å². The number of ketones is 1. The van der Waals surface area contributed by atoms with Crippen molar-refractivity contribution < 1.29 is 4.79 Å². The molecule has 0 atom stereocenters. The molecule has 0 unspecified atom stereocenters. The number of thioether (sulfide) groups is 1. The molecule has 0 radical (unpaired) electrons. The molecule has 0 amide bonds. The molecule has 2 nitrogen and oxygen atoms in total. The number of nitrogens with zero attached hydrogens (tertiary/aromatic N) is 1.